The summed E-state index contributed by atoms with van der Waals surface area (Å²) in [4.78, 5) is 0. The van der Waals surface area contributed by atoms with Gasteiger partial charge in [0.25, 0.3) is 0 Å². The van der Waals surface area contributed by atoms with Crippen LogP contribution in [-0.4, -0.2) is 33.4 Å². The molecule has 0 saturated carbocycles. The van der Waals surface area contributed by atoms with Gasteiger partial charge in [-0.1, -0.05) is 20.8 Å². The Morgan fingerprint density at radius 1 is 1.47 bits per heavy atom. The molecule has 1 atom stereocenters. The summed E-state index contributed by atoms with van der Waals surface area (Å²) < 4.78 is 1.88. The van der Waals surface area contributed by atoms with Gasteiger partial charge in [0.05, 0.1) is 5.69 Å². The molecule has 1 rings (SSSR count). The van der Waals surface area contributed by atoms with Crippen LogP contribution in [0.3, 0.4) is 0 Å². The maximum Gasteiger partial charge on any atom is 0.0640 e. The number of hydrogen-bond acceptors (Lipinski definition) is 3. The Labute approximate surface area is 109 Å². The first-order valence-electron chi connectivity index (χ1n) is 6.45. The first kappa shape index (κ1) is 14.6. The highest BCUT2D eigenvalue weighted by molar-refractivity contribution is 7.99. The summed E-state index contributed by atoms with van der Waals surface area (Å²) in [5.74, 6) is 1.16. The molecule has 0 aliphatic carbocycles. The fourth-order valence-electron chi connectivity index (χ4n) is 1.67. The number of thioether (sulfide) groups is 1. The normalized spacial score (nSPS) is 13.2. The Kier molecular flexibility index (Phi) is 6.66. The van der Waals surface area contributed by atoms with Crippen LogP contribution in [0.4, 0.5) is 0 Å². The van der Waals surface area contributed by atoms with Crippen LogP contribution in [-0.2, 0) is 13.5 Å². The van der Waals surface area contributed by atoms with Gasteiger partial charge in [0.15, 0.2) is 0 Å². The zero-order valence-corrected chi connectivity index (χ0v) is 12.3. The highest BCUT2D eigenvalue weighted by atomic mass is 32.2. The van der Waals surface area contributed by atoms with Gasteiger partial charge in [-0.05, 0) is 24.3 Å². The van der Waals surface area contributed by atoms with E-state index in [1.54, 1.807) is 0 Å². The molecule has 0 aromatic carbocycles. The molecule has 0 amide bonds. The van der Waals surface area contributed by atoms with E-state index in [1.807, 2.05) is 29.7 Å². The van der Waals surface area contributed by atoms with E-state index >= 15 is 0 Å². The molecule has 1 heterocycles. The summed E-state index contributed by atoms with van der Waals surface area (Å²) in [6.45, 7) is 7.81. The van der Waals surface area contributed by atoms with Crippen molar-refractivity contribution in [2.24, 2.45) is 7.05 Å². The number of nitrogens with one attached hydrogen (secondary N) is 1. The second kappa shape index (κ2) is 7.77. The molecular weight excluding hydrogens is 230 g/mol. The van der Waals surface area contributed by atoms with Gasteiger partial charge in [0.2, 0.25) is 0 Å². The summed E-state index contributed by atoms with van der Waals surface area (Å²) >= 11 is 2.02. The van der Waals surface area contributed by atoms with Crippen molar-refractivity contribution in [1.29, 1.82) is 0 Å². The summed E-state index contributed by atoms with van der Waals surface area (Å²) in [7, 11) is 1.97. The van der Waals surface area contributed by atoms with E-state index < -0.39 is 0 Å². The Balaban J connectivity index is 2.44. The smallest absolute Gasteiger partial charge is 0.0640 e. The van der Waals surface area contributed by atoms with Crippen LogP contribution in [0.25, 0.3) is 0 Å². The fraction of sp³-hybridized carbons (Fsp3) is 0.769. The van der Waals surface area contributed by atoms with Gasteiger partial charge in [-0.15, -0.1) is 0 Å². The van der Waals surface area contributed by atoms with Crippen LogP contribution in [0.15, 0.2) is 12.3 Å². The Morgan fingerprint density at radius 2 is 2.24 bits per heavy atom. The van der Waals surface area contributed by atoms with E-state index in [0.717, 1.165) is 18.7 Å². The number of nitrogens with zero attached hydrogens (tertiary/aromatic N) is 2. The van der Waals surface area contributed by atoms with Crippen LogP contribution in [0.5, 0.6) is 0 Å². The topological polar surface area (TPSA) is 29.9 Å². The molecule has 1 unspecified atom stereocenters. The molecule has 0 spiro atoms. The van der Waals surface area contributed by atoms with E-state index in [-0.39, 0.29) is 0 Å². The lowest BCUT2D eigenvalue weighted by atomic mass is 10.2. The van der Waals surface area contributed by atoms with E-state index in [2.05, 4.69) is 37.3 Å². The number of rotatable bonds is 8. The summed E-state index contributed by atoms with van der Waals surface area (Å²) in [6.07, 6.45) is 4.23. The van der Waals surface area contributed by atoms with Crippen LogP contribution in [0.1, 0.15) is 32.9 Å². The summed E-state index contributed by atoms with van der Waals surface area (Å²) in [5, 5.41) is 8.76. The lowest BCUT2D eigenvalue weighted by Crippen LogP contribution is -2.34. The van der Waals surface area contributed by atoms with Crippen molar-refractivity contribution in [3.8, 4) is 0 Å². The maximum absolute atomic E-state index is 4.45. The van der Waals surface area contributed by atoms with Gasteiger partial charge in [-0.2, -0.15) is 16.9 Å². The molecule has 0 bridgehead atoms. The zero-order valence-electron chi connectivity index (χ0n) is 11.4. The van der Waals surface area contributed by atoms with Gasteiger partial charge in [-0.25, -0.2) is 0 Å². The Morgan fingerprint density at radius 3 is 2.76 bits per heavy atom. The summed E-state index contributed by atoms with van der Waals surface area (Å²) in [6, 6.07) is 2.65. The fourth-order valence-corrected chi connectivity index (χ4v) is 2.52. The minimum Gasteiger partial charge on any atom is -0.313 e. The third-order valence-corrected chi connectivity index (χ3v) is 3.80. The van der Waals surface area contributed by atoms with Crippen LogP contribution < -0.4 is 5.32 Å². The van der Waals surface area contributed by atoms with Crippen molar-refractivity contribution >= 4 is 11.8 Å². The third-order valence-electron chi connectivity index (χ3n) is 2.54. The molecule has 0 aliphatic rings. The second-order valence-electron chi connectivity index (χ2n) is 4.72. The minimum absolute atomic E-state index is 0.539. The van der Waals surface area contributed by atoms with Crippen molar-refractivity contribution in [2.75, 3.05) is 12.3 Å². The van der Waals surface area contributed by atoms with Gasteiger partial charge >= 0.3 is 0 Å². The number of aromatic nitrogens is 2. The van der Waals surface area contributed by atoms with Crippen molar-refractivity contribution < 1.29 is 0 Å². The van der Waals surface area contributed by atoms with Crippen molar-refractivity contribution in [3.05, 3.63) is 18.0 Å². The number of hydrogen-bond donors (Lipinski definition) is 1. The Hall–Kier alpha value is -0.480. The first-order chi connectivity index (χ1) is 8.11. The summed E-state index contributed by atoms with van der Waals surface area (Å²) in [5.41, 5.74) is 1.19. The van der Waals surface area contributed by atoms with Crippen LogP contribution >= 0.6 is 11.8 Å². The lowest BCUT2D eigenvalue weighted by molar-refractivity contribution is 0.541. The molecule has 17 heavy (non-hydrogen) atoms. The molecule has 4 heteroatoms. The van der Waals surface area contributed by atoms with E-state index in [1.165, 1.54) is 12.1 Å². The molecule has 0 aliphatic heterocycles. The van der Waals surface area contributed by atoms with E-state index in [9.17, 15) is 0 Å². The molecule has 98 valence electrons. The molecule has 1 N–H and O–H groups in total. The number of aryl methyl sites for hydroxylation is 1. The maximum atomic E-state index is 4.45. The van der Waals surface area contributed by atoms with Crippen molar-refractivity contribution in [1.82, 2.24) is 15.1 Å². The third kappa shape index (κ3) is 6.13. The molecule has 3 nitrogen and oxygen atoms in total. The molecule has 1 aromatic heterocycles. The molecule has 0 fully saturated rings. The first-order valence-corrected chi connectivity index (χ1v) is 7.50. The largest absolute Gasteiger partial charge is 0.313 e. The van der Waals surface area contributed by atoms with Gasteiger partial charge in [-0.3, -0.25) is 4.68 Å². The Bertz CT molecular complexity index is 309. The standard InChI is InChI=1S/C13H25N3S/c1-5-7-14-13(10-17-11(2)3)9-12-6-8-16(4)15-12/h6,8,11,13-14H,5,7,9-10H2,1-4H3. The van der Waals surface area contributed by atoms with Crippen molar-refractivity contribution in [3.63, 3.8) is 0 Å². The predicted molar refractivity (Wildman–Crippen MR) is 76.6 cm³/mol. The lowest BCUT2D eigenvalue weighted by Gasteiger charge is -2.18. The minimum atomic E-state index is 0.539. The van der Waals surface area contributed by atoms with Crippen molar-refractivity contribution in [2.45, 2.75) is 44.9 Å². The van der Waals surface area contributed by atoms with Gasteiger partial charge in [0.1, 0.15) is 0 Å². The highest BCUT2D eigenvalue weighted by Crippen LogP contribution is 2.13. The monoisotopic (exact) mass is 255 g/mol. The quantitative estimate of drug-likeness (QED) is 0.774. The van der Waals surface area contributed by atoms with Crippen LogP contribution in [0, 0.1) is 0 Å². The van der Waals surface area contributed by atoms with E-state index in [4.69, 9.17) is 0 Å². The van der Waals surface area contributed by atoms with Gasteiger partial charge < -0.3 is 5.32 Å². The average Bonchev–Trinajstić information content (AvgIpc) is 2.68. The average molecular weight is 255 g/mol. The molecule has 1 aromatic rings. The highest BCUT2D eigenvalue weighted by Gasteiger charge is 2.11. The van der Waals surface area contributed by atoms with Gasteiger partial charge in [0, 0.05) is 31.5 Å². The SMILES string of the molecule is CCCNC(CSC(C)C)Cc1ccn(C)n1. The second-order valence-corrected chi connectivity index (χ2v) is 6.33. The van der Waals surface area contributed by atoms with E-state index in [0.29, 0.717) is 11.3 Å². The molecule has 0 radical (unpaired) electrons. The van der Waals surface area contributed by atoms with Crippen LogP contribution in [0.2, 0.25) is 0 Å². The molecular formula is C13H25N3S. The predicted octanol–water partition coefficient (Wildman–Crippen LogP) is 2.47. The molecule has 0 saturated heterocycles. The zero-order chi connectivity index (χ0) is 12.7.